The van der Waals surface area contributed by atoms with Crippen LogP contribution in [0.3, 0.4) is 0 Å². The minimum absolute atomic E-state index is 0.00759. The molecule has 1 unspecified atom stereocenters. The molecule has 3 nitrogen and oxygen atoms in total. The molecule has 1 N–H and O–H groups in total. The summed E-state index contributed by atoms with van der Waals surface area (Å²) in [5.74, 6) is 2.62. The van der Waals surface area contributed by atoms with Crippen molar-refractivity contribution in [3.8, 4) is 0 Å². The first-order valence-corrected chi connectivity index (χ1v) is 9.17. The van der Waals surface area contributed by atoms with Crippen LogP contribution in [0.4, 0.5) is 0 Å². The van der Waals surface area contributed by atoms with Crippen LogP contribution < -0.4 is 5.32 Å². The monoisotopic (exact) mass is 322 g/mol. The van der Waals surface area contributed by atoms with Crippen LogP contribution in [0, 0.1) is 0 Å². The van der Waals surface area contributed by atoms with E-state index in [0.29, 0.717) is 11.9 Å². The summed E-state index contributed by atoms with van der Waals surface area (Å²) < 4.78 is 0. The Morgan fingerprint density at radius 3 is 2.71 bits per heavy atom. The Balaban J connectivity index is 1.68. The van der Waals surface area contributed by atoms with Crippen molar-refractivity contribution in [2.75, 3.05) is 11.5 Å². The van der Waals surface area contributed by atoms with Crippen molar-refractivity contribution in [1.82, 2.24) is 10.2 Å². The van der Waals surface area contributed by atoms with Crippen LogP contribution >= 0.6 is 23.4 Å². The standard InChI is InChI=1S/C16H19ClN2OS/c17-12-3-1-2-11(10-12)14-18-16(6-7-16)15(20)19(14)13-4-8-21-9-5-13/h1-3,10,13-14,18H,4-9H2. The normalized spacial score (nSPS) is 28.3. The first kappa shape index (κ1) is 13.9. The topological polar surface area (TPSA) is 32.3 Å². The number of benzene rings is 1. The highest BCUT2D eigenvalue weighted by atomic mass is 35.5. The molecule has 4 rings (SSSR count). The van der Waals surface area contributed by atoms with Crippen LogP contribution in [0.2, 0.25) is 5.02 Å². The zero-order valence-electron chi connectivity index (χ0n) is 11.8. The van der Waals surface area contributed by atoms with Gasteiger partial charge in [-0.2, -0.15) is 11.8 Å². The second-order valence-electron chi connectivity index (χ2n) is 6.24. The van der Waals surface area contributed by atoms with Crippen LogP contribution in [0.5, 0.6) is 0 Å². The fourth-order valence-corrected chi connectivity index (χ4v) is 4.78. The van der Waals surface area contributed by atoms with Gasteiger partial charge in [0, 0.05) is 11.1 Å². The lowest BCUT2D eigenvalue weighted by Gasteiger charge is -2.35. The third-order valence-corrected chi connectivity index (χ3v) is 6.12. The summed E-state index contributed by atoms with van der Waals surface area (Å²) in [5, 5.41) is 4.33. The molecule has 1 amide bonds. The molecule has 21 heavy (non-hydrogen) atoms. The van der Waals surface area contributed by atoms with Gasteiger partial charge in [0.1, 0.15) is 11.7 Å². The molecular formula is C16H19ClN2OS. The predicted octanol–water partition coefficient (Wildman–Crippen LogP) is 3.20. The maximum absolute atomic E-state index is 12.9. The molecule has 3 fully saturated rings. The van der Waals surface area contributed by atoms with Crippen LogP contribution in [0.25, 0.3) is 0 Å². The maximum atomic E-state index is 12.9. The fraction of sp³-hybridized carbons (Fsp3) is 0.562. The average molecular weight is 323 g/mol. The highest BCUT2D eigenvalue weighted by molar-refractivity contribution is 7.99. The Morgan fingerprint density at radius 1 is 1.29 bits per heavy atom. The van der Waals surface area contributed by atoms with Gasteiger partial charge in [-0.15, -0.1) is 0 Å². The molecular weight excluding hydrogens is 304 g/mol. The lowest BCUT2D eigenvalue weighted by Crippen LogP contribution is -2.42. The van der Waals surface area contributed by atoms with E-state index in [-0.39, 0.29) is 11.7 Å². The first-order valence-electron chi connectivity index (χ1n) is 7.63. The van der Waals surface area contributed by atoms with E-state index in [1.165, 1.54) is 0 Å². The van der Waals surface area contributed by atoms with Gasteiger partial charge in [-0.3, -0.25) is 10.1 Å². The lowest BCUT2D eigenvalue weighted by molar-refractivity contribution is -0.133. The fourth-order valence-electron chi connectivity index (χ4n) is 3.50. The minimum Gasteiger partial charge on any atom is -0.318 e. The molecule has 0 bridgehead atoms. The molecule has 112 valence electrons. The van der Waals surface area contributed by atoms with Crippen molar-refractivity contribution in [3.05, 3.63) is 34.9 Å². The number of thioether (sulfide) groups is 1. The van der Waals surface area contributed by atoms with Crippen molar-refractivity contribution in [3.63, 3.8) is 0 Å². The van der Waals surface area contributed by atoms with E-state index in [4.69, 9.17) is 11.6 Å². The second kappa shape index (κ2) is 5.18. The Bertz CT molecular complexity index is 569. The van der Waals surface area contributed by atoms with Crippen molar-refractivity contribution in [2.24, 2.45) is 0 Å². The van der Waals surface area contributed by atoms with Gasteiger partial charge in [0.15, 0.2) is 0 Å². The van der Waals surface area contributed by atoms with Crippen LogP contribution in [0.1, 0.15) is 37.4 Å². The first-order chi connectivity index (χ1) is 10.2. The number of nitrogens with zero attached hydrogens (tertiary/aromatic N) is 1. The predicted molar refractivity (Wildman–Crippen MR) is 86.5 cm³/mol. The van der Waals surface area contributed by atoms with E-state index in [1.807, 2.05) is 30.0 Å². The summed E-state index contributed by atoms with van der Waals surface area (Å²) in [6, 6.07) is 8.28. The number of carbonyl (C=O) groups excluding carboxylic acids is 1. The summed E-state index contributed by atoms with van der Waals surface area (Å²) in [6.07, 6.45) is 4.14. The van der Waals surface area contributed by atoms with Crippen molar-refractivity contribution in [2.45, 2.75) is 43.4 Å². The molecule has 1 aromatic carbocycles. The molecule has 1 spiro atoms. The number of hydrogen-bond donors (Lipinski definition) is 1. The number of rotatable bonds is 2. The summed E-state index contributed by atoms with van der Waals surface area (Å²) in [4.78, 5) is 15.0. The number of nitrogens with one attached hydrogen (secondary N) is 1. The minimum atomic E-state index is -0.266. The molecule has 0 aromatic heterocycles. The van der Waals surface area contributed by atoms with E-state index in [0.717, 1.165) is 47.8 Å². The molecule has 2 saturated heterocycles. The maximum Gasteiger partial charge on any atom is 0.244 e. The molecule has 1 aromatic rings. The summed E-state index contributed by atoms with van der Waals surface area (Å²) >= 11 is 8.14. The van der Waals surface area contributed by atoms with E-state index in [1.54, 1.807) is 0 Å². The van der Waals surface area contributed by atoms with E-state index >= 15 is 0 Å². The summed E-state index contributed by atoms with van der Waals surface area (Å²) in [7, 11) is 0. The van der Waals surface area contributed by atoms with E-state index in [2.05, 4.69) is 16.3 Å². The van der Waals surface area contributed by atoms with Gasteiger partial charge in [0.05, 0.1) is 0 Å². The van der Waals surface area contributed by atoms with Gasteiger partial charge >= 0.3 is 0 Å². The van der Waals surface area contributed by atoms with Gasteiger partial charge in [0.2, 0.25) is 5.91 Å². The SMILES string of the molecule is O=C1N(C2CCSCC2)C(c2cccc(Cl)c2)NC12CC2. The van der Waals surface area contributed by atoms with Crippen LogP contribution in [-0.2, 0) is 4.79 Å². The zero-order chi connectivity index (χ0) is 14.4. The molecule has 1 atom stereocenters. The number of hydrogen-bond acceptors (Lipinski definition) is 3. The Morgan fingerprint density at radius 2 is 2.05 bits per heavy atom. The van der Waals surface area contributed by atoms with Gasteiger partial charge in [-0.25, -0.2) is 0 Å². The van der Waals surface area contributed by atoms with E-state index < -0.39 is 0 Å². The molecule has 5 heteroatoms. The molecule has 1 aliphatic carbocycles. The Labute approximate surface area is 134 Å². The van der Waals surface area contributed by atoms with Crippen molar-refractivity contribution < 1.29 is 4.79 Å². The second-order valence-corrected chi connectivity index (χ2v) is 7.90. The molecule has 1 saturated carbocycles. The van der Waals surface area contributed by atoms with Crippen LogP contribution in [0.15, 0.2) is 24.3 Å². The summed E-state index contributed by atoms with van der Waals surface area (Å²) in [5.41, 5.74) is 0.843. The Hall–Kier alpha value is -0.710. The molecule has 0 radical (unpaired) electrons. The number of halogens is 1. The van der Waals surface area contributed by atoms with Crippen molar-refractivity contribution >= 4 is 29.3 Å². The highest BCUT2D eigenvalue weighted by Gasteiger charge is 2.60. The number of amides is 1. The Kier molecular flexibility index (Phi) is 3.43. The third kappa shape index (κ3) is 2.37. The van der Waals surface area contributed by atoms with E-state index in [9.17, 15) is 4.79 Å². The summed E-state index contributed by atoms with van der Waals surface area (Å²) in [6.45, 7) is 0. The van der Waals surface area contributed by atoms with Crippen molar-refractivity contribution in [1.29, 1.82) is 0 Å². The number of carbonyl (C=O) groups is 1. The van der Waals surface area contributed by atoms with Gasteiger partial charge in [0.25, 0.3) is 0 Å². The van der Waals surface area contributed by atoms with Gasteiger partial charge < -0.3 is 4.90 Å². The smallest absolute Gasteiger partial charge is 0.244 e. The zero-order valence-corrected chi connectivity index (χ0v) is 13.4. The average Bonchev–Trinajstić information content (AvgIpc) is 3.22. The highest BCUT2D eigenvalue weighted by Crippen LogP contribution is 2.48. The third-order valence-electron chi connectivity index (χ3n) is 4.83. The van der Waals surface area contributed by atoms with Gasteiger partial charge in [-0.05, 0) is 54.9 Å². The molecule has 3 aliphatic rings. The largest absolute Gasteiger partial charge is 0.318 e. The van der Waals surface area contributed by atoms with Crippen LogP contribution in [-0.4, -0.2) is 33.9 Å². The van der Waals surface area contributed by atoms with Gasteiger partial charge in [-0.1, -0.05) is 23.7 Å². The molecule has 2 heterocycles. The quantitative estimate of drug-likeness (QED) is 0.907. The lowest BCUT2D eigenvalue weighted by atomic mass is 10.1. The molecule has 2 aliphatic heterocycles.